The SMILES string of the molecule is CCN(c1ccc(C(=O)Nc2cc(F)c3nc(C)cn3c2)c2nn(C)cc12)C1CCNCC1. The van der Waals surface area contributed by atoms with Crippen molar-refractivity contribution < 1.29 is 9.18 Å². The first-order valence-corrected chi connectivity index (χ1v) is 11.3. The topological polar surface area (TPSA) is 79.5 Å². The molecule has 4 heterocycles. The smallest absolute Gasteiger partial charge is 0.257 e. The number of aryl methyl sites for hydroxylation is 2. The maximum Gasteiger partial charge on any atom is 0.257 e. The lowest BCUT2D eigenvalue weighted by atomic mass is 10.0. The predicted molar refractivity (Wildman–Crippen MR) is 127 cm³/mol. The van der Waals surface area contributed by atoms with Gasteiger partial charge in [0.15, 0.2) is 11.5 Å². The molecule has 4 aromatic rings. The van der Waals surface area contributed by atoms with Crippen LogP contribution in [0, 0.1) is 12.7 Å². The van der Waals surface area contributed by atoms with E-state index in [2.05, 4.69) is 32.5 Å². The van der Waals surface area contributed by atoms with E-state index in [1.807, 2.05) is 25.4 Å². The number of benzene rings is 1. The van der Waals surface area contributed by atoms with Gasteiger partial charge in [0.25, 0.3) is 5.91 Å². The Morgan fingerprint density at radius 2 is 2.06 bits per heavy atom. The molecule has 0 saturated carbocycles. The van der Waals surface area contributed by atoms with Crippen LogP contribution in [0.4, 0.5) is 15.8 Å². The molecule has 33 heavy (non-hydrogen) atoms. The van der Waals surface area contributed by atoms with Gasteiger partial charge < -0.3 is 19.9 Å². The number of hydrogen-bond donors (Lipinski definition) is 2. The van der Waals surface area contributed by atoms with Gasteiger partial charge in [-0.1, -0.05) is 0 Å². The first-order chi connectivity index (χ1) is 15.9. The van der Waals surface area contributed by atoms with Crippen LogP contribution >= 0.6 is 0 Å². The lowest BCUT2D eigenvalue weighted by Gasteiger charge is -2.36. The Bertz CT molecular complexity index is 1340. The lowest BCUT2D eigenvalue weighted by molar-refractivity contribution is 0.102. The Morgan fingerprint density at radius 3 is 2.82 bits per heavy atom. The van der Waals surface area contributed by atoms with Crippen LogP contribution in [0.15, 0.2) is 36.8 Å². The summed E-state index contributed by atoms with van der Waals surface area (Å²) in [6.07, 6.45) is 7.51. The second kappa shape index (κ2) is 8.47. The molecule has 1 aliphatic rings. The highest BCUT2D eigenvalue weighted by molar-refractivity contribution is 6.13. The molecule has 5 rings (SSSR count). The summed E-state index contributed by atoms with van der Waals surface area (Å²) in [6.45, 7) is 6.86. The number of aromatic nitrogens is 4. The van der Waals surface area contributed by atoms with E-state index in [4.69, 9.17) is 0 Å². The normalized spacial score (nSPS) is 14.8. The highest BCUT2D eigenvalue weighted by Gasteiger charge is 2.24. The van der Waals surface area contributed by atoms with Gasteiger partial charge in [-0.05, 0) is 51.9 Å². The Balaban J connectivity index is 1.50. The van der Waals surface area contributed by atoms with E-state index in [0.717, 1.165) is 43.5 Å². The van der Waals surface area contributed by atoms with Crippen molar-refractivity contribution in [3.8, 4) is 0 Å². The van der Waals surface area contributed by atoms with Gasteiger partial charge >= 0.3 is 0 Å². The highest BCUT2D eigenvalue weighted by Crippen LogP contribution is 2.32. The number of nitrogens with zero attached hydrogens (tertiary/aromatic N) is 5. The van der Waals surface area contributed by atoms with E-state index in [0.29, 0.717) is 28.5 Å². The molecule has 1 fully saturated rings. The van der Waals surface area contributed by atoms with Crippen molar-refractivity contribution >= 4 is 33.8 Å². The highest BCUT2D eigenvalue weighted by atomic mass is 19.1. The third kappa shape index (κ3) is 3.93. The molecule has 3 aromatic heterocycles. The molecule has 1 amide bonds. The maximum absolute atomic E-state index is 14.5. The first kappa shape index (κ1) is 21.4. The van der Waals surface area contributed by atoms with Crippen LogP contribution in [0.2, 0.25) is 0 Å². The average molecular weight is 450 g/mol. The van der Waals surface area contributed by atoms with Crippen LogP contribution in [-0.4, -0.2) is 50.7 Å². The van der Waals surface area contributed by atoms with Crippen molar-refractivity contribution in [1.29, 1.82) is 0 Å². The molecule has 0 unspecified atom stereocenters. The predicted octanol–water partition coefficient (Wildman–Crippen LogP) is 3.50. The molecule has 172 valence electrons. The number of nitrogens with one attached hydrogen (secondary N) is 2. The minimum absolute atomic E-state index is 0.236. The van der Waals surface area contributed by atoms with Crippen LogP contribution in [0.5, 0.6) is 0 Å². The van der Waals surface area contributed by atoms with Crippen molar-refractivity contribution in [2.24, 2.45) is 7.05 Å². The zero-order valence-electron chi connectivity index (χ0n) is 19.1. The summed E-state index contributed by atoms with van der Waals surface area (Å²) in [5, 5.41) is 11.8. The minimum atomic E-state index is -0.486. The lowest BCUT2D eigenvalue weighted by Crippen LogP contribution is -2.43. The van der Waals surface area contributed by atoms with Crippen LogP contribution in [0.3, 0.4) is 0 Å². The fraction of sp³-hybridized carbons (Fsp3) is 0.375. The molecule has 0 aliphatic carbocycles. The quantitative estimate of drug-likeness (QED) is 0.488. The summed E-state index contributed by atoms with van der Waals surface area (Å²) >= 11 is 0. The van der Waals surface area contributed by atoms with Crippen LogP contribution in [-0.2, 0) is 7.05 Å². The van der Waals surface area contributed by atoms with Crippen molar-refractivity contribution in [3.63, 3.8) is 0 Å². The second-order valence-electron chi connectivity index (χ2n) is 8.61. The van der Waals surface area contributed by atoms with E-state index >= 15 is 0 Å². The summed E-state index contributed by atoms with van der Waals surface area (Å²) < 4.78 is 17.8. The number of halogens is 1. The molecule has 1 saturated heterocycles. The number of fused-ring (bicyclic) bond motifs is 2. The standard InChI is InChI=1S/C24H28FN7O/c1-4-32(17-7-9-26-10-8-17)21-6-5-18(22-19(21)14-30(3)29-22)24(33)28-16-11-20(25)23-27-15(2)12-31(23)13-16/h5-6,11-14,17,26H,4,7-10H2,1-3H3,(H,28,33). The van der Waals surface area contributed by atoms with Crippen molar-refractivity contribution in [2.75, 3.05) is 29.9 Å². The number of carbonyl (C=O) groups is 1. The number of anilines is 2. The van der Waals surface area contributed by atoms with E-state index in [1.165, 1.54) is 6.07 Å². The molecular formula is C24H28FN7O. The van der Waals surface area contributed by atoms with Gasteiger partial charge in [-0.15, -0.1) is 0 Å². The Labute approximate surface area is 191 Å². The molecule has 0 spiro atoms. The van der Waals surface area contributed by atoms with Gasteiger partial charge in [-0.25, -0.2) is 9.37 Å². The fourth-order valence-electron chi connectivity index (χ4n) is 4.83. The molecule has 8 nitrogen and oxygen atoms in total. The largest absolute Gasteiger partial charge is 0.368 e. The third-order valence-electron chi connectivity index (χ3n) is 6.30. The zero-order valence-corrected chi connectivity index (χ0v) is 19.1. The van der Waals surface area contributed by atoms with E-state index < -0.39 is 5.82 Å². The average Bonchev–Trinajstić information content (AvgIpc) is 3.37. The Morgan fingerprint density at radius 1 is 1.27 bits per heavy atom. The molecule has 1 aromatic carbocycles. The monoisotopic (exact) mass is 449 g/mol. The molecular weight excluding hydrogens is 421 g/mol. The maximum atomic E-state index is 14.5. The molecule has 9 heteroatoms. The number of rotatable bonds is 5. The summed E-state index contributed by atoms with van der Waals surface area (Å²) in [4.78, 5) is 19.8. The number of carbonyl (C=O) groups excluding carboxylic acids is 1. The van der Waals surface area contributed by atoms with Crippen LogP contribution in [0.1, 0.15) is 35.8 Å². The van der Waals surface area contributed by atoms with E-state index in [1.54, 1.807) is 28.4 Å². The molecule has 0 bridgehead atoms. The van der Waals surface area contributed by atoms with E-state index in [9.17, 15) is 9.18 Å². The van der Waals surface area contributed by atoms with Gasteiger partial charge in [-0.2, -0.15) is 5.10 Å². The zero-order chi connectivity index (χ0) is 23.1. The summed E-state index contributed by atoms with van der Waals surface area (Å²) in [5.41, 5.74) is 3.49. The fourth-order valence-corrected chi connectivity index (χ4v) is 4.83. The Kier molecular flexibility index (Phi) is 5.49. The van der Waals surface area contributed by atoms with Gasteiger partial charge in [0.1, 0.15) is 5.52 Å². The summed E-state index contributed by atoms with van der Waals surface area (Å²) in [6, 6.07) is 5.57. The number of amides is 1. The van der Waals surface area contributed by atoms with E-state index in [-0.39, 0.29) is 11.6 Å². The molecule has 2 N–H and O–H groups in total. The van der Waals surface area contributed by atoms with Crippen LogP contribution < -0.4 is 15.5 Å². The molecule has 0 atom stereocenters. The van der Waals surface area contributed by atoms with Gasteiger partial charge in [0.05, 0.1) is 16.9 Å². The Hall–Kier alpha value is -3.46. The third-order valence-corrected chi connectivity index (χ3v) is 6.30. The number of pyridine rings is 1. The van der Waals surface area contributed by atoms with Gasteiger partial charge in [0, 0.05) is 55.4 Å². The van der Waals surface area contributed by atoms with Crippen molar-refractivity contribution in [3.05, 3.63) is 53.9 Å². The number of piperidine rings is 1. The van der Waals surface area contributed by atoms with Crippen LogP contribution in [0.25, 0.3) is 16.6 Å². The first-order valence-electron chi connectivity index (χ1n) is 11.3. The van der Waals surface area contributed by atoms with Gasteiger partial charge in [-0.3, -0.25) is 9.48 Å². The number of hydrogen-bond acceptors (Lipinski definition) is 5. The van der Waals surface area contributed by atoms with Gasteiger partial charge in [0.2, 0.25) is 0 Å². The number of imidazole rings is 1. The van der Waals surface area contributed by atoms with Crippen molar-refractivity contribution in [2.45, 2.75) is 32.7 Å². The molecule has 0 radical (unpaired) electrons. The minimum Gasteiger partial charge on any atom is -0.368 e. The summed E-state index contributed by atoms with van der Waals surface area (Å²) in [5.74, 6) is -0.814. The molecule has 1 aliphatic heterocycles. The summed E-state index contributed by atoms with van der Waals surface area (Å²) in [7, 11) is 1.86. The second-order valence-corrected chi connectivity index (χ2v) is 8.61. The van der Waals surface area contributed by atoms with Crippen molar-refractivity contribution in [1.82, 2.24) is 24.5 Å².